The molecule has 0 aromatic heterocycles. The monoisotopic (exact) mass is 851 g/mol. The number of hydrogen-bond acceptors (Lipinski definition) is 10. The van der Waals surface area contributed by atoms with Gasteiger partial charge < -0.3 is 35.6 Å². The van der Waals surface area contributed by atoms with Gasteiger partial charge in [-0.05, 0) is 102 Å². The van der Waals surface area contributed by atoms with E-state index in [1.807, 2.05) is 19.1 Å². The molecule has 5 aliphatic heterocycles. The number of aliphatic hydroxyl groups is 3. The number of aryl methyl sites for hydroxylation is 1. The maximum Gasteiger partial charge on any atom is 0.252 e. The number of rotatable bonds is 6. The third kappa shape index (κ3) is 6.90. The zero-order chi connectivity index (χ0) is 43.2. The number of fused-ring (bicyclic) bond motifs is 7. The van der Waals surface area contributed by atoms with Gasteiger partial charge in [-0.25, -0.2) is 0 Å². The number of hydrogen-bond donors (Lipinski definition) is 7. The molecule has 2 spiro atoms. The number of phenolic OH excluding ortho intramolecular Hbond substituents is 1. The lowest BCUT2D eigenvalue weighted by atomic mass is 9.55. The van der Waals surface area contributed by atoms with E-state index in [4.69, 9.17) is 20.2 Å². The molecule has 11 nitrogen and oxygen atoms in total. The Morgan fingerprint density at radius 2 is 1.84 bits per heavy atom. The number of nitrogens with two attached hydrogens (primary N) is 1. The SMILES string of the molecule is CC1C=CC(C(O)CC(=O)CCc2cc3c(cc2O)OC#CC2(CCCC2)C2C#CC(O)c4ccc5c6c4C(C4=CN=C7C[NH+](C=C47)C2O3)C2(CCCC2)CC6CNC5N)C(O)C1. The van der Waals surface area contributed by atoms with Crippen LogP contribution in [0.1, 0.15) is 136 Å². The zero-order valence-corrected chi connectivity index (χ0v) is 36.0. The van der Waals surface area contributed by atoms with Gasteiger partial charge >= 0.3 is 0 Å². The van der Waals surface area contributed by atoms with Crippen molar-refractivity contribution >= 4 is 11.5 Å². The summed E-state index contributed by atoms with van der Waals surface area (Å²) in [6.07, 6.45) is 17.6. The van der Waals surface area contributed by atoms with Crippen molar-refractivity contribution in [3.05, 3.63) is 87.8 Å². The molecule has 4 aliphatic carbocycles. The number of phenols is 1. The van der Waals surface area contributed by atoms with Crippen molar-refractivity contribution in [3.63, 3.8) is 0 Å². The summed E-state index contributed by atoms with van der Waals surface area (Å²) in [7, 11) is 0. The van der Waals surface area contributed by atoms with Gasteiger partial charge in [-0.15, -0.1) is 0 Å². The fourth-order valence-corrected chi connectivity index (χ4v) is 13.3. The molecular weight excluding hydrogens is 793 g/mol. The van der Waals surface area contributed by atoms with Crippen molar-refractivity contribution in [2.45, 2.75) is 133 Å². The predicted molar refractivity (Wildman–Crippen MR) is 236 cm³/mol. The Hall–Kier alpha value is -4.72. The molecule has 2 aromatic carbocycles. The highest BCUT2D eigenvalue weighted by Crippen LogP contribution is 2.64. The summed E-state index contributed by atoms with van der Waals surface area (Å²) in [5.74, 6) is 10.7. The summed E-state index contributed by atoms with van der Waals surface area (Å²) in [6, 6.07) is 7.45. The van der Waals surface area contributed by atoms with Crippen LogP contribution in [0.3, 0.4) is 0 Å². The van der Waals surface area contributed by atoms with Gasteiger partial charge in [0.25, 0.3) is 6.23 Å². The first kappa shape index (κ1) is 41.0. The smallest absolute Gasteiger partial charge is 0.252 e. The number of ether oxygens (including phenoxy) is 2. The first-order valence-corrected chi connectivity index (χ1v) is 23.5. The Balaban J connectivity index is 0.984. The number of quaternary nitrogens is 1. The summed E-state index contributed by atoms with van der Waals surface area (Å²) in [6.45, 7) is 3.42. The molecule has 5 heterocycles. The molecule has 2 aromatic rings. The van der Waals surface area contributed by atoms with E-state index in [9.17, 15) is 25.2 Å². The normalized spacial score (nSPS) is 34.0. The van der Waals surface area contributed by atoms with Gasteiger partial charge in [-0.3, -0.25) is 20.0 Å². The van der Waals surface area contributed by atoms with Gasteiger partial charge in [0.1, 0.15) is 48.1 Å². The minimum Gasteiger partial charge on any atom is -0.508 e. The second-order valence-electron chi connectivity index (χ2n) is 20.2. The van der Waals surface area contributed by atoms with E-state index in [2.05, 4.69) is 53.7 Å². The quantitative estimate of drug-likeness (QED) is 0.156. The van der Waals surface area contributed by atoms with Gasteiger partial charge in [0, 0.05) is 43.5 Å². The van der Waals surface area contributed by atoms with E-state index in [0.29, 0.717) is 30.2 Å². The van der Waals surface area contributed by atoms with Crippen LogP contribution in [-0.2, 0) is 11.2 Å². The van der Waals surface area contributed by atoms with Crippen molar-refractivity contribution in [1.82, 2.24) is 5.32 Å². The van der Waals surface area contributed by atoms with Crippen LogP contribution in [0.25, 0.3) is 0 Å². The number of ketones is 1. The molecule has 9 aliphatic rings. The maximum absolute atomic E-state index is 13.3. The fourth-order valence-electron chi connectivity index (χ4n) is 13.3. The van der Waals surface area contributed by atoms with Crippen molar-refractivity contribution < 1.29 is 39.6 Å². The lowest BCUT2D eigenvalue weighted by molar-refractivity contribution is -0.888. The molecular formula is C52H59N4O7+. The van der Waals surface area contributed by atoms with Crippen LogP contribution in [0.5, 0.6) is 17.2 Å². The number of allylic oxidation sites excluding steroid dienone is 2. The number of Topliss-reactive ketones (excluding diaryl/α,β-unsaturated/α-hetero) is 1. The Morgan fingerprint density at radius 3 is 2.65 bits per heavy atom. The van der Waals surface area contributed by atoms with Gasteiger partial charge in [-0.1, -0.05) is 74.7 Å². The lowest BCUT2D eigenvalue weighted by Crippen LogP contribution is -3.13. The summed E-state index contributed by atoms with van der Waals surface area (Å²) in [4.78, 5) is 19.5. The predicted octanol–water partition coefficient (Wildman–Crippen LogP) is 5.02. The standard InChI is InChI=1S/C52H58N4O7/c1-29-6-9-33(42(60)20-29)43(61)22-32(57)8-7-30-21-45-44(23-41(30)59)62-19-18-51(14-2-3-15-51)38-12-13-40(58)34-10-11-35-46-31(25-55-49(35)53)24-52(16-4-5-17-52)48(47(34)46)36-26-54-39-28-56(27-37(36)39)50(38)63-45/h6,9-11,21,23,26-27,29,31,33,38,40,42-43,48-50,55,58-61H,2-5,7-8,14-17,20,22,24-25,28,53H2,1H3/p+1. The third-order valence-electron chi connectivity index (χ3n) is 16.4. The minimum atomic E-state index is -1.06. The first-order chi connectivity index (χ1) is 30.5. The molecule has 0 saturated heterocycles. The molecule has 63 heavy (non-hydrogen) atoms. The second kappa shape index (κ2) is 15.8. The van der Waals surface area contributed by atoms with Crippen molar-refractivity contribution in [2.24, 2.45) is 39.3 Å². The minimum absolute atomic E-state index is 0.0214. The Bertz CT molecular complexity index is 2490. The lowest BCUT2D eigenvalue weighted by Gasteiger charge is -2.50. The molecule has 328 valence electrons. The first-order valence-electron chi connectivity index (χ1n) is 23.5. The van der Waals surface area contributed by atoms with Crippen molar-refractivity contribution in [2.75, 3.05) is 13.1 Å². The van der Waals surface area contributed by atoms with Crippen LogP contribution in [0.2, 0.25) is 0 Å². The highest BCUT2D eigenvalue weighted by atomic mass is 16.5. The topological polar surface area (TPSA) is 171 Å². The zero-order valence-electron chi connectivity index (χ0n) is 36.0. The Morgan fingerprint density at radius 1 is 1.05 bits per heavy atom. The summed E-state index contributed by atoms with van der Waals surface area (Å²) in [5.41, 5.74) is 14.6. The van der Waals surface area contributed by atoms with E-state index < -0.39 is 41.8 Å². The van der Waals surface area contributed by atoms with Gasteiger partial charge in [0.15, 0.2) is 11.5 Å². The molecule has 11 atom stereocenters. The van der Waals surface area contributed by atoms with Crippen LogP contribution >= 0.6 is 0 Å². The van der Waals surface area contributed by atoms with Gasteiger partial charge in [0.2, 0.25) is 0 Å². The van der Waals surface area contributed by atoms with Crippen LogP contribution in [0.15, 0.2) is 65.0 Å². The van der Waals surface area contributed by atoms with Crippen LogP contribution in [-0.4, -0.2) is 63.4 Å². The Labute approximate surface area is 369 Å². The van der Waals surface area contributed by atoms with E-state index in [1.54, 1.807) is 6.07 Å². The number of carbonyl (C=O) groups is 1. The second-order valence-corrected chi connectivity index (χ2v) is 20.2. The van der Waals surface area contributed by atoms with Crippen LogP contribution in [0.4, 0.5) is 0 Å². The largest absolute Gasteiger partial charge is 0.508 e. The summed E-state index contributed by atoms with van der Waals surface area (Å²) in [5, 5.41) is 48.9. The average molecular weight is 852 g/mol. The van der Waals surface area contributed by atoms with Gasteiger partial charge in [0.05, 0.1) is 29.4 Å². The van der Waals surface area contributed by atoms with Crippen molar-refractivity contribution in [1.29, 1.82) is 0 Å². The molecule has 2 saturated carbocycles. The molecule has 0 radical (unpaired) electrons. The summed E-state index contributed by atoms with van der Waals surface area (Å²) >= 11 is 0. The number of aliphatic imine (C=N–C) groups is 1. The number of nitrogens with one attached hydrogen (secondary N) is 2. The highest BCUT2D eigenvalue weighted by Gasteiger charge is 2.56. The van der Waals surface area contributed by atoms with Crippen LogP contribution in [0, 0.1) is 52.5 Å². The number of aliphatic hydroxyl groups excluding tert-OH is 3. The van der Waals surface area contributed by atoms with E-state index in [1.165, 1.54) is 35.6 Å². The van der Waals surface area contributed by atoms with Crippen molar-refractivity contribution in [3.8, 4) is 41.1 Å². The van der Waals surface area contributed by atoms with E-state index in [0.717, 1.165) is 78.8 Å². The fraction of sp³-hybridized carbons (Fsp3) is 0.538. The molecule has 11 rings (SSSR count). The number of carbonyl (C=O) groups excluding carboxylic acids is 1. The van der Waals surface area contributed by atoms with E-state index >= 15 is 0 Å². The Kier molecular flexibility index (Phi) is 10.3. The third-order valence-corrected chi connectivity index (χ3v) is 16.4. The molecule has 11 unspecified atom stereocenters. The van der Waals surface area contributed by atoms with E-state index in [-0.39, 0.29) is 60.0 Å². The number of aromatic hydroxyl groups is 1. The average Bonchev–Trinajstić information content (AvgIpc) is 4.09. The molecule has 0 amide bonds. The summed E-state index contributed by atoms with van der Waals surface area (Å²) < 4.78 is 13.4. The van der Waals surface area contributed by atoms with Crippen LogP contribution < -0.4 is 25.4 Å². The molecule has 2 fully saturated rings. The van der Waals surface area contributed by atoms with Gasteiger partial charge in [-0.2, -0.15) is 0 Å². The molecule has 8 N–H and O–H groups in total. The number of nitrogens with zero attached hydrogens (tertiary/aromatic N) is 1. The maximum atomic E-state index is 13.3. The molecule has 2 bridgehead atoms. The molecule has 11 heteroatoms. The number of benzene rings is 2. The highest BCUT2D eigenvalue weighted by molar-refractivity contribution is 6.08.